The second-order valence-electron chi connectivity index (χ2n) is 5.73. The van der Waals surface area contributed by atoms with Crippen LogP contribution in [-0.4, -0.2) is 54.3 Å². The molecule has 0 atom stereocenters. The third-order valence-electron chi connectivity index (χ3n) is 4.42. The summed E-state index contributed by atoms with van der Waals surface area (Å²) in [5.74, 6) is -0.355. The second kappa shape index (κ2) is 5.88. The van der Waals surface area contributed by atoms with Crippen LogP contribution in [0.15, 0.2) is 24.3 Å². The van der Waals surface area contributed by atoms with Crippen LogP contribution in [0.2, 0.25) is 0 Å². The highest BCUT2D eigenvalue weighted by Crippen LogP contribution is 2.24. The van der Waals surface area contributed by atoms with E-state index >= 15 is 0 Å². The molecule has 1 fully saturated rings. The molecule has 1 saturated heterocycles. The lowest BCUT2D eigenvalue weighted by Crippen LogP contribution is -2.46. The molecule has 1 aromatic carbocycles. The Labute approximate surface area is 129 Å². The molecule has 0 saturated carbocycles. The fourth-order valence-electron chi connectivity index (χ4n) is 3.11. The van der Waals surface area contributed by atoms with Crippen LogP contribution in [0.1, 0.15) is 33.6 Å². The van der Waals surface area contributed by atoms with Crippen molar-refractivity contribution in [3.05, 3.63) is 35.4 Å². The molecule has 2 heterocycles. The molecule has 2 aliphatic rings. The zero-order valence-corrected chi connectivity index (χ0v) is 12.5. The molecule has 0 radical (unpaired) electrons. The average molecular weight is 301 g/mol. The normalized spacial score (nSPS) is 19.4. The predicted molar refractivity (Wildman–Crippen MR) is 80.2 cm³/mol. The monoisotopic (exact) mass is 301 g/mol. The Morgan fingerprint density at radius 3 is 2.18 bits per heavy atom. The maximum absolute atomic E-state index is 12.3. The van der Waals surface area contributed by atoms with Crippen molar-refractivity contribution in [2.45, 2.75) is 12.8 Å². The van der Waals surface area contributed by atoms with Crippen molar-refractivity contribution in [1.29, 1.82) is 0 Å². The van der Waals surface area contributed by atoms with E-state index in [2.05, 4.69) is 10.2 Å². The molecule has 6 heteroatoms. The molecular formula is C16H19N3O3. The molecular weight excluding hydrogens is 282 g/mol. The average Bonchev–Trinajstić information content (AvgIpc) is 2.80. The number of imide groups is 1. The number of carbonyl (C=O) groups excluding carboxylic acids is 3. The van der Waals surface area contributed by atoms with Gasteiger partial charge in [0.2, 0.25) is 5.91 Å². The maximum atomic E-state index is 12.3. The summed E-state index contributed by atoms with van der Waals surface area (Å²) >= 11 is 0. The van der Waals surface area contributed by atoms with Gasteiger partial charge >= 0.3 is 0 Å². The van der Waals surface area contributed by atoms with Crippen LogP contribution in [0.3, 0.4) is 0 Å². The van der Waals surface area contributed by atoms with Gasteiger partial charge in [-0.05, 0) is 25.0 Å². The number of hydrogen-bond donors (Lipinski definition) is 1. The summed E-state index contributed by atoms with van der Waals surface area (Å²) in [6, 6.07) is 6.91. The van der Waals surface area contributed by atoms with Gasteiger partial charge in [-0.25, -0.2) is 0 Å². The van der Waals surface area contributed by atoms with E-state index in [1.54, 1.807) is 31.3 Å². The first-order chi connectivity index (χ1) is 10.6. The van der Waals surface area contributed by atoms with Gasteiger partial charge in [-0.15, -0.1) is 0 Å². The first kappa shape index (κ1) is 14.7. The second-order valence-corrected chi connectivity index (χ2v) is 5.73. The molecule has 0 unspecified atom stereocenters. The number of carbonyl (C=O) groups is 3. The van der Waals surface area contributed by atoms with Crippen molar-refractivity contribution in [2.24, 2.45) is 5.92 Å². The van der Waals surface area contributed by atoms with Gasteiger partial charge < -0.3 is 5.32 Å². The molecule has 3 rings (SSSR count). The lowest BCUT2D eigenvalue weighted by molar-refractivity contribution is -0.126. The predicted octanol–water partition coefficient (Wildman–Crippen LogP) is 0.698. The van der Waals surface area contributed by atoms with Gasteiger partial charge in [-0.2, -0.15) is 0 Å². The number of likely N-dealkylation sites (tertiary alicyclic amines) is 1. The Balaban J connectivity index is 1.63. The van der Waals surface area contributed by atoms with E-state index in [-0.39, 0.29) is 23.6 Å². The Morgan fingerprint density at radius 1 is 1.14 bits per heavy atom. The van der Waals surface area contributed by atoms with Crippen LogP contribution in [0, 0.1) is 5.92 Å². The topological polar surface area (TPSA) is 69.7 Å². The lowest BCUT2D eigenvalue weighted by Gasteiger charge is -2.33. The number of hydrogen-bond acceptors (Lipinski definition) is 4. The van der Waals surface area contributed by atoms with Crippen molar-refractivity contribution in [1.82, 2.24) is 15.1 Å². The molecule has 0 aromatic heterocycles. The number of fused-ring (bicyclic) bond motifs is 1. The Kier molecular flexibility index (Phi) is 3.94. The molecule has 6 nitrogen and oxygen atoms in total. The summed E-state index contributed by atoms with van der Waals surface area (Å²) in [6.07, 6.45) is 1.51. The van der Waals surface area contributed by atoms with E-state index in [0.29, 0.717) is 30.9 Å². The molecule has 1 N–H and O–H groups in total. The first-order valence-corrected chi connectivity index (χ1v) is 7.51. The molecule has 116 valence electrons. The minimum absolute atomic E-state index is 0.0310. The summed E-state index contributed by atoms with van der Waals surface area (Å²) < 4.78 is 0. The highest BCUT2D eigenvalue weighted by atomic mass is 16.2. The van der Waals surface area contributed by atoms with Crippen LogP contribution >= 0.6 is 0 Å². The number of nitrogens with zero attached hydrogens (tertiary/aromatic N) is 2. The van der Waals surface area contributed by atoms with E-state index in [1.165, 1.54) is 4.90 Å². The SMILES string of the molecule is CNC(=O)C1CCN(CN2C(=O)c3ccccc3C2=O)CC1. The Morgan fingerprint density at radius 2 is 1.68 bits per heavy atom. The summed E-state index contributed by atoms with van der Waals surface area (Å²) in [6.45, 7) is 1.73. The molecule has 2 aliphatic heterocycles. The summed E-state index contributed by atoms with van der Waals surface area (Å²) in [7, 11) is 1.65. The Bertz CT molecular complexity index is 586. The molecule has 22 heavy (non-hydrogen) atoms. The summed E-state index contributed by atoms with van der Waals surface area (Å²) in [5, 5.41) is 2.67. The number of piperidine rings is 1. The summed E-state index contributed by atoms with van der Waals surface area (Å²) in [4.78, 5) is 39.6. The molecule has 3 amide bonds. The van der Waals surface area contributed by atoms with Crippen molar-refractivity contribution < 1.29 is 14.4 Å². The number of amides is 3. The van der Waals surface area contributed by atoms with Crippen LogP contribution < -0.4 is 5.32 Å². The largest absolute Gasteiger partial charge is 0.359 e. The van der Waals surface area contributed by atoms with Gasteiger partial charge in [-0.3, -0.25) is 24.2 Å². The van der Waals surface area contributed by atoms with Gasteiger partial charge in [0.1, 0.15) is 0 Å². The quantitative estimate of drug-likeness (QED) is 0.834. The van der Waals surface area contributed by atoms with Crippen LogP contribution in [0.25, 0.3) is 0 Å². The minimum atomic E-state index is -0.228. The first-order valence-electron chi connectivity index (χ1n) is 7.51. The van der Waals surface area contributed by atoms with E-state index < -0.39 is 0 Å². The van der Waals surface area contributed by atoms with Crippen molar-refractivity contribution in [3.63, 3.8) is 0 Å². The van der Waals surface area contributed by atoms with Gasteiger partial charge in [0, 0.05) is 26.1 Å². The summed E-state index contributed by atoms with van der Waals surface area (Å²) in [5.41, 5.74) is 0.959. The standard InChI is InChI=1S/C16H19N3O3/c1-17-14(20)11-6-8-18(9-7-11)10-19-15(21)12-4-2-3-5-13(12)16(19)22/h2-5,11H,6-10H2,1H3,(H,17,20). The third kappa shape index (κ3) is 2.50. The smallest absolute Gasteiger partial charge is 0.262 e. The van der Waals surface area contributed by atoms with Crippen LogP contribution in [0.5, 0.6) is 0 Å². The molecule has 0 bridgehead atoms. The van der Waals surface area contributed by atoms with E-state index in [0.717, 1.165) is 12.8 Å². The van der Waals surface area contributed by atoms with Crippen LogP contribution in [-0.2, 0) is 4.79 Å². The van der Waals surface area contributed by atoms with Crippen molar-refractivity contribution in [3.8, 4) is 0 Å². The van der Waals surface area contributed by atoms with Gasteiger partial charge in [0.15, 0.2) is 0 Å². The third-order valence-corrected chi connectivity index (χ3v) is 4.42. The highest BCUT2D eigenvalue weighted by Gasteiger charge is 2.36. The fraction of sp³-hybridized carbons (Fsp3) is 0.438. The zero-order chi connectivity index (χ0) is 15.7. The van der Waals surface area contributed by atoms with Crippen molar-refractivity contribution >= 4 is 17.7 Å². The van der Waals surface area contributed by atoms with Crippen molar-refractivity contribution in [2.75, 3.05) is 26.8 Å². The molecule has 0 aliphatic carbocycles. The lowest BCUT2D eigenvalue weighted by atomic mass is 9.96. The minimum Gasteiger partial charge on any atom is -0.359 e. The highest BCUT2D eigenvalue weighted by molar-refractivity contribution is 6.21. The van der Waals surface area contributed by atoms with E-state index in [1.807, 2.05) is 0 Å². The van der Waals surface area contributed by atoms with E-state index in [4.69, 9.17) is 0 Å². The zero-order valence-electron chi connectivity index (χ0n) is 12.5. The maximum Gasteiger partial charge on any atom is 0.262 e. The number of nitrogens with one attached hydrogen (secondary N) is 1. The number of benzene rings is 1. The molecule has 1 aromatic rings. The van der Waals surface area contributed by atoms with Gasteiger partial charge in [-0.1, -0.05) is 12.1 Å². The fourth-order valence-corrected chi connectivity index (χ4v) is 3.11. The van der Waals surface area contributed by atoms with Gasteiger partial charge in [0.05, 0.1) is 17.8 Å². The Hall–Kier alpha value is -2.21. The molecule has 0 spiro atoms. The number of rotatable bonds is 3. The van der Waals surface area contributed by atoms with E-state index in [9.17, 15) is 14.4 Å². The van der Waals surface area contributed by atoms with Gasteiger partial charge in [0.25, 0.3) is 11.8 Å². The van der Waals surface area contributed by atoms with Crippen LogP contribution in [0.4, 0.5) is 0 Å².